The topological polar surface area (TPSA) is 41.6 Å². The predicted octanol–water partition coefficient (Wildman–Crippen LogP) is 2.17. The summed E-state index contributed by atoms with van der Waals surface area (Å²) in [4.78, 5) is 14.1. The SMILES string of the molecule is O=C(CCl)NC1CN(Cc2ccccc2)C2(CCOCC2)C1. The average molecular weight is 323 g/mol. The zero-order valence-corrected chi connectivity index (χ0v) is 13.5. The lowest BCUT2D eigenvalue weighted by molar-refractivity contribution is -0.119. The summed E-state index contributed by atoms with van der Waals surface area (Å²) >= 11 is 5.63. The van der Waals surface area contributed by atoms with Gasteiger partial charge in [-0.3, -0.25) is 9.69 Å². The molecule has 2 saturated heterocycles. The van der Waals surface area contributed by atoms with Gasteiger partial charge in [0.25, 0.3) is 0 Å². The van der Waals surface area contributed by atoms with Crippen LogP contribution in [0.15, 0.2) is 30.3 Å². The molecule has 1 aromatic rings. The zero-order chi connectivity index (χ0) is 15.4. The minimum Gasteiger partial charge on any atom is -0.381 e. The van der Waals surface area contributed by atoms with Crippen LogP contribution < -0.4 is 5.32 Å². The van der Waals surface area contributed by atoms with Crippen LogP contribution in [0.2, 0.25) is 0 Å². The first-order valence-corrected chi connectivity index (χ1v) is 8.47. The minimum atomic E-state index is -0.0737. The molecule has 3 rings (SSSR count). The number of halogens is 1. The van der Waals surface area contributed by atoms with Gasteiger partial charge in [-0.2, -0.15) is 0 Å². The molecule has 1 unspecified atom stereocenters. The molecule has 1 spiro atoms. The second-order valence-corrected chi connectivity index (χ2v) is 6.57. The van der Waals surface area contributed by atoms with Crippen molar-refractivity contribution in [3.63, 3.8) is 0 Å². The van der Waals surface area contributed by atoms with Gasteiger partial charge in [0.1, 0.15) is 5.88 Å². The van der Waals surface area contributed by atoms with E-state index in [0.717, 1.165) is 45.6 Å². The lowest BCUT2D eigenvalue weighted by Crippen LogP contribution is -2.47. The van der Waals surface area contributed by atoms with Crippen molar-refractivity contribution in [2.75, 3.05) is 25.6 Å². The Labute approximate surface area is 136 Å². The molecular formula is C17H23ClN2O2. The molecule has 22 heavy (non-hydrogen) atoms. The van der Waals surface area contributed by atoms with Crippen molar-refractivity contribution in [2.24, 2.45) is 0 Å². The van der Waals surface area contributed by atoms with Crippen LogP contribution in [0, 0.1) is 0 Å². The number of nitrogens with one attached hydrogen (secondary N) is 1. The van der Waals surface area contributed by atoms with Crippen LogP contribution in [-0.2, 0) is 16.1 Å². The Hall–Kier alpha value is -1.10. The number of hydrogen-bond acceptors (Lipinski definition) is 3. The molecule has 1 atom stereocenters. The smallest absolute Gasteiger partial charge is 0.235 e. The molecule has 1 aromatic carbocycles. The molecule has 120 valence electrons. The molecule has 0 saturated carbocycles. The fourth-order valence-electron chi connectivity index (χ4n) is 3.78. The largest absolute Gasteiger partial charge is 0.381 e. The van der Waals surface area contributed by atoms with E-state index in [0.29, 0.717) is 0 Å². The fraction of sp³-hybridized carbons (Fsp3) is 0.588. The van der Waals surface area contributed by atoms with Gasteiger partial charge in [0.15, 0.2) is 0 Å². The lowest BCUT2D eigenvalue weighted by Gasteiger charge is -2.41. The van der Waals surface area contributed by atoms with Crippen molar-refractivity contribution in [1.82, 2.24) is 10.2 Å². The Kier molecular flexibility index (Phi) is 5.01. The van der Waals surface area contributed by atoms with Crippen molar-refractivity contribution in [3.05, 3.63) is 35.9 Å². The first-order chi connectivity index (χ1) is 10.7. The van der Waals surface area contributed by atoms with E-state index < -0.39 is 0 Å². The van der Waals surface area contributed by atoms with Crippen LogP contribution >= 0.6 is 11.6 Å². The van der Waals surface area contributed by atoms with E-state index >= 15 is 0 Å². The van der Waals surface area contributed by atoms with Gasteiger partial charge in [0.2, 0.25) is 5.91 Å². The average Bonchev–Trinajstić information content (AvgIpc) is 2.85. The molecular weight excluding hydrogens is 300 g/mol. The third kappa shape index (κ3) is 3.45. The van der Waals surface area contributed by atoms with Crippen molar-refractivity contribution in [2.45, 2.75) is 37.4 Å². The fourth-order valence-corrected chi connectivity index (χ4v) is 3.86. The van der Waals surface area contributed by atoms with Gasteiger partial charge in [-0.05, 0) is 24.8 Å². The maximum atomic E-state index is 11.6. The number of likely N-dealkylation sites (tertiary alicyclic amines) is 1. The molecule has 1 N–H and O–H groups in total. The number of rotatable bonds is 4. The van der Waals surface area contributed by atoms with Gasteiger partial charge >= 0.3 is 0 Å². The number of nitrogens with zero attached hydrogens (tertiary/aromatic N) is 1. The number of ether oxygens (including phenoxy) is 1. The second-order valence-electron chi connectivity index (χ2n) is 6.31. The zero-order valence-electron chi connectivity index (χ0n) is 12.8. The Morgan fingerprint density at radius 2 is 2.05 bits per heavy atom. The maximum Gasteiger partial charge on any atom is 0.235 e. The summed E-state index contributed by atoms with van der Waals surface area (Å²) in [6.07, 6.45) is 3.06. The summed E-state index contributed by atoms with van der Waals surface area (Å²) < 4.78 is 5.56. The molecule has 2 aliphatic heterocycles. The molecule has 0 bridgehead atoms. The van der Waals surface area contributed by atoms with E-state index in [1.54, 1.807) is 0 Å². The van der Waals surface area contributed by atoms with E-state index in [2.05, 4.69) is 34.5 Å². The van der Waals surface area contributed by atoms with E-state index in [1.807, 2.05) is 6.07 Å². The van der Waals surface area contributed by atoms with Gasteiger partial charge in [0.05, 0.1) is 0 Å². The summed E-state index contributed by atoms with van der Waals surface area (Å²) in [5.74, 6) is -0.0406. The van der Waals surface area contributed by atoms with Crippen molar-refractivity contribution < 1.29 is 9.53 Å². The number of carbonyl (C=O) groups excluding carboxylic acids is 1. The quantitative estimate of drug-likeness (QED) is 0.864. The minimum absolute atomic E-state index is 0.0330. The van der Waals surface area contributed by atoms with Crippen LogP contribution in [0.5, 0.6) is 0 Å². The number of hydrogen-bond donors (Lipinski definition) is 1. The predicted molar refractivity (Wildman–Crippen MR) is 86.9 cm³/mol. The molecule has 2 aliphatic rings. The maximum absolute atomic E-state index is 11.6. The Morgan fingerprint density at radius 3 is 2.73 bits per heavy atom. The number of carbonyl (C=O) groups is 1. The Balaban J connectivity index is 1.74. The van der Waals surface area contributed by atoms with Crippen LogP contribution in [0.25, 0.3) is 0 Å². The van der Waals surface area contributed by atoms with Crippen LogP contribution in [0.4, 0.5) is 0 Å². The number of alkyl halides is 1. The van der Waals surface area contributed by atoms with Crippen molar-refractivity contribution in [3.8, 4) is 0 Å². The third-order valence-electron chi connectivity index (χ3n) is 4.86. The monoisotopic (exact) mass is 322 g/mol. The highest BCUT2D eigenvalue weighted by molar-refractivity contribution is 6.27. The van der Waals surface area contributed by atoms with E-state index in [9.17, 15) is 4.79 Å². The van der Waals surface area contributed by atoms with Crippen LogP contribution in [0.3, 0.4) is 0 Å². The summed E-state index contributed by atoms with van der Waals surface area (Å²) in [6.45, 7) is 3.43. The summed E-state index contributed by atoms with van der Waals surface area (Å²) in [7, 11) is 0. The van der Waals surface area contributed by atoms with Gasteiger partial charge < -0.3 is 10.1 Å². The summed E-state index contributed by atoms with van der Waals surface area (Å²) in [5, 5.41) is 3.06. The first kappa shape index (κ1) is 15.8. The van der Waals surface area contributed by atoms with Gasteiger partial charge in [0, 0.05) is 37.9 Å². The Morgan fingerprint density at radius 1 is 1.32 bits per heavy atom. The molecule has 5 heteroatoms. The van der Waals surface area contributed by atoms with Crippen molar-refractivity contribution >= 4 is 17.5 Å². The summed E-state index contributed by atoms with van der Waals surface area (Å²) in [6, 6.07) is 10.7. The van der Waals surface area contributed by atoms with Gasteiger partial charge in [-0.1, -0.05) is 30.3 Å². The molecule has 0 aliphatic carbocycles. The normalized spacial score (nSPS) is 24.5. The molecule has 2 fully saturated rings. The van der Waals surface area contributed by atoms with Gasteiger partial charge in [-0.25, -0.2) is 0 Å². The molecule has 2 heterocycles. The standard InChI is InChI=1S/C17H23ClN2O2/c18-11-16(21)19-15-10-17(6-8-22-9-7-17)20(13-15)12-14-4-2-1-3-5-14/h1-5,15H,6-13H2,(H,19,21). The van der Waals surface area contributed by atoms with Crippen LogP contribution in [0.1, 0.15) is 24.8 Å². The third-order valence-corrected chi connectivity index (χ3v) is 5.11. The van der Waals surface area contributed by atoms with Gasteiger partial charge in [-0.15, -0.1) is 11.6 Å². The Bertz CT molecular complexity index is 503. The molecule has 4 nitrogen and oxygen atoms in total. The highest BCUT2D eigenvalue weighted by Gasteiger charge is 2.46. The van der Waals surface area contributed by atoms with E-state index in [-0.39, 0.29) is 23.4 Å². The molecule has 0 aromatic heterocycles. The van der Waals surface area contributed by atoms with E-state index in [1.165, 1.54) is 5.56 Å². The number of amides is 1. The molecule has 1 amide bonds. The lowest BCUT2D eigenvalue weighted by atomic mass is 9.86. The first-order valence-electron chi connectivity index (χ1n) is 7.94. The van der Waals surface area contributed by atoms with Crippen molar-refractivity contribution in [1.29, 1.82) is 0 Å². The van der Waals surface area contributed by atoms with Crippen LogP contribution in [-0.4, -0.2) is 48.0 Å². The molecule has 0 radical (unpaired) electrons. The summed E-state index contributed by atoms with van der Waals surface area (Å²) in [5.41, 5.74) is 1.47. The van der Waals surface area contributed by atoms with E-state index in [4.69, 9.17) is 16.3 Å². The highest BCUT2D eigenvalue weighted by atomic mass is 35.5. The second kappa shape index (κ2) is 6.99. The number of benzene rings is 1. The highest BCUT2D eigenvalue weighted by Crippen LogP contribution is 2.39.